The number of hydrogen-bond donors (Lipinski definition) is 2. The number of amides is 1. The van der Waals surface area contributed by atoms with Gasteiger partial charge in [0.2, 0.25) is 5.91 Å². The van der Waals surface area contributed by atoms with Crippen LogP contribution in [-0.4, -0.2) is 25.5 Å². The second kappa shape index (κ2) is 4.60. The third-order valence-electron chi connectivity index (χ3n) is 5.36. The second-order valence-electron chi connectivity index (χ2n) is 6.39. The highest BCUT2D eigenvalue weighted by Crippen LogP contribution is 2.47. The lowest BCUT2D eigenvalue weighted by Gasteiger charge is -2.32. The molecule has 3 nitrogen and oxygen atoms in total. The van der Waals surface area contributed by atoms with Crippen LogP contribution in [0.5, 0.6) is 0 Å². The van der Waals surface area contributed by atoms with Gasteiger partial charge in [0, 0.05) is 12.5 Å². The summed E-state index contributed by atoms with van der Waals surface area (Å²) in [5, 5.41) is 6.43. The number of carbonyl (C=O) groups excluding carboxylic acids is 1. The molecule has 2 N–H and O–H groups in total. The van der Waals surface area contributed by atoms with E-state index in [1.54, 1.807) is 0 Å². The zero-order valence-electron chi connectivity index (χ0n) is 10.7. The minimum atomic E-state index is 0.190. The topological polar surface area (TPSA) is 41.1 Å². The summed E-state index contributed by atoms with van der Waals surface area (Å²) in [6.07, 6.45) is 5.65. The van der Waals surface area contributed by atoms with Crippen molar-refractivity contribution in [1.29, 1.82) is 0 Å². The van der Waals surface area contributed by atoms with Crippen LogP contribution >= 0.6 is 0 Å². The van der Waals surface area contributed by atoms with Crippen molar-refractivity contribution in [3.63, 3.8) is 0 Å². The molecule has 3 fully saturated rings. The molecule has 0 aromatic heterocycles. The van der Waals surface area contributed by atoms with Gasteiger partial charge in [0.1, 0.15) is 0 Å². The van der Waals surface area contributed by atoms with Crippen LogP contribution in [-0.2, 0) is 4.79 Å². The van der Waals surface area contributed by atoms with E-state index in [9.17, 15) is 4.79 Å². The quantitative estimate of drug-likeness (QED) is 0.774. The highest BCUT2D eigenvalue weighted by Gasteiger charge is 2.39. The third kappa shape index (κ3) is 2.22. The van der Waals surface area contributed by atoms with Crippen molar-refractivity contribution in [1.82, 2.24) is 10.6 Å². The highest BCUT2D eigenvalue weighted by atomic mass is 16.1. The molecule has 96 valence electrons. The fraction of sp³-hybridized carbons (Fsp3) is 0.929. The van der Waals surface area contributed by atoms with Crippen LogP contribution in [0.3, 0.4) is 0 Å². The Morgan fingerprint density at radius 2 is 2.18 bits per heavy atom. The molecule has 3 heteroatoms. The fourth-order valence-corrected chi connectivity index (χ4v) is 3.90. The number of hydrogen-bond acceptors (Lipinski definition) is 2. The van der Waals surface area contributed by atoms with E-state index in [1.807, 2.05) is 0 Å². The van der Waals surface area contributed by atoms with Crippen LogP contribution in [0.25, 0.3) is 0 Å². The molecule has 0 spiro atoms. The Kier molecular flexibility index (Phi) is 3.12. The molecule has 3 aliphatic rings. The van der Waals surface area contributed by atoms with Gasteiger partial charge in [0.25, 0.3) is 0 Å². The van der Waals surface area contributed by atoms with Crippen molar-refractivity contribution in [3.05, 3.63) is 0 Å². The molecule has 0 radical (unpaired) electrons. The lowest BCUT2D eigenvalue weighted by atomic mass is 9.87. The Bertz CT molecular complexity index is 301. The predicted octanol–water partition coefficient (Wildman–Crippen LogP) is 1.39. The molecule has 2 aliphatic carbocycles. The maximum atomic E-state index is 12.0. The van der Waals surface area contributed by atoms with E-state index < -0.39 is 0 Å². The molecule has 2 bridgehead atoms. The van der Waals surface area contributed by atoms with E-state index in [-0.39, 0.29) is 11.8 Å². The van der Waals surface area contributed by atoms with Crippen molar-refractivity contribution < 1.29 is 4.79 Å². The number of rotatable bonds is 4. The minimum Gasteiger partial charge on any atom is -0.356 e. The molecule has 17 heavy (non-hydrogen) atoms. The van der Waals surface area contributed by atoms with E-state index in [1.165, 1.54) is 25.7 Å². The molecular formula is C14H24N2O. The normalized spacial score (nSPS) is 37.8. The zero-order chi connectivity index (χ0) is 11.8. The van der Waals surface area contributed by atoms with E-state index in [2.05, 4.69) is 17.6 Å². The maximum absolute atomic E-state index is 12.0. The van der Waals surface area contributed by atoms with Crippen molar-refractivity contribution >= 4 is 5.91 Å². The van der Waals surface area contributed by atoms with E-state index >= 15 is 0 Å². The van der Waals surface area contributed by atoms with Crippen LogP contribution in [0.4, 0.5) is 0 Å². The Balaban J connectivity index is 1.43. The van der Waals surface area contributed by atoms with Crippen molar-refractivity contribution in [3.8, 4) is 0 Å². The van der Waals surface area contributed by atoms with Gasteiger partial charge in [-0.1, -0.05) is 13.3 Å². The first-order chi connectivity index (χ1) is 8.24. The second-order valence-corrected chi connectivity index (χ2v) is 6.39. The van der Waals surface area contributed by atoms with Gasteiger partial charge in [-0.25, -0.2) is 0 Å². The fourth-order valence-electron chi connectivity index (χ4n) is 3.90. The summed E-state index contributed by atoms with van der Waals surface area (Å²) in [5.41, 5.74) is 0. The van der Waals surface area contributed by atoms with Gasteiger partial charge < -0.3 is 10.6 Å². The molecule has 4 unspecified atom stereocenters. The molecule has 0 aromatic rings. The summed E-state index contributed by atoms with van der Waals surface area (Å²) >= 11 is 0. The smallest absolute Gasteiger partial charge is 0.223 e. The molecule has 0 aromatic carbocycles. The van der Waals surface area contributed by atoms with Crippen LogP contribution in [0.1, 0.15) is 32.6 Å². The van der Waals surface area contributed by atoms with Crippen molar-refractivity contribution in [2.45, 2.75) is 32.6 Å². The summed E-state index contributed by atoms with van der Waals surface area (Å²) in [6, 6.07) is 0. The van der Waals surface area contributed by atoms with E-state index in [0.29, 0.717) is 5.92 Å². The molecule has 1 saturated heterocycles. The van der Waals surface area contributed by atoms with Crippen molar-refractivity contribution in [2.75, 3.05) is 19.6 Å². The van der Waals surface area contributed by atoms with Gasteiger partial charge in [-0.3, -0.25) is 4.79 Å². The first-order valence-corrected chi connectivity index (χ1v) is 7.22. The lowest BCUT2D eigenvalue weighted by molar-refractivity contribution is -0.126. The molecule has 1 aliphatic heterocycles. The van der Waals surface area contributed by atoms with Gasteiger partial charge in [-0.15, -0.1) is 0 Å². The summed E-state index contributed by atoms with van der Waals surface area (Å²) < 4.78 is 0. The summed E-state index contributed by atoms with van der Waals surface area (Å²) in [6.45, 7) is 5.04. The average Bonchev–Trinajstić information content (AvgIpc) is 2.84. The van der Waals surface area contributed by atoms with E-state index in [0.717, 1.165) is 37.4 Å². The number of fused-ring (bicyclic) bond motifs is 2. The standard InChI is InChI=1S/C14H24N2O/c1-9(13-6-15-7-13)14(17)16-8-12-5-10-2-3-11(12)4-10/h9-13,15H,2-8H2,1H3,(H,16,17). The predicted molar refractivity (Wildman–Crippen MR) is 67.5 cm³/mol. The summed E-state index contributed by atoms with van der Waals surface area (Å²) in [5.74, 6) is 3.71. The Hall–Kier alpha value is -0.570. The third-order valence-corrected chi connectivity index (χ3v) is 5.36. The van der Waals surface area contributed by atoms with Crippen LogP contribution in [0.2, 0.25) is 0 Å². The maximum Gasteiger partial charge on any atom is 0.223 e. The molecule has 1 amide bonds. The molecule has 2 saturated carbocycles. The van der Waals surface area contributed by atoms with Crippen LogP contribution < -0.4 is 10.6 Å². The Morgan fingerprint density at radius 3 is 2.71 bits per heavy atom. The lowest BCUT2D eigenvalue weighted by Crippen LogP contribution is -2.50. The monoisotopic (exact) mass is 236 g/mol. The minimum absolute atomic E-state index is 0.190. The molecule has 3 rings (SSSR count). The van der Waals surface area contributed by atoms with Crippen LogP contribution in [0.15, 0.2) is 0 Å². The highest BCUT2D eigenvalue weighted by molar-refractivity contribution is 5.78. The SMILES string of the molecule is CC(C(=O)NCC1CC2CCC1C2)C1CNC1. The number of carbonyl (C=O) groups is 1. The summed E-state index contributed by atoms with van der Waals surface area (Å²) in [4.78, 5) is 12.0. The molecular weight excluding hydrogens is 212 g/mol. The van der Waals surface area contributed by atoms with Gasteiger partial charge in [-0.2, -0.15) is 0 Å². The first kappa shape index (κ1) is 11.5. The first-order valence-electron chi connectivity index (χ1n) is 7.22. The Labute approximate surface area is 104 Å². The van der Waals surface area contributed by atoms with Gasteiger partial charge in [-0.05, 0) is 56.0 Å². The van der Waals surface area contributed by atoms with Gasteiger partial charge >= 0.3 is 0 Å². The average molecular weight is 236 g/mol. The Morgan fingerprint density at radius 1 is 1.35 bits per heavy atom. The van der Waals surface area contributed by atoms with Gasteiger partial charge in [0.15, 0.2) is 0 Å². The number of nitrogens with one attached hydrogen (secondary N) is 2. The summed E-state index contributed by atoms with van der Waals surface area (Å²) in [7, 11) is 0. The van der Waals surface area contributed by atoms with Crippen molar-refractivity contribution in [2.24, 2.45) is 29.6 Å². The van der Waals surface area contributed by atoms with E-state index in [4.69, 9.17) is 0 Å². The van der Waals surface area contributed by atoms with Gasteiger partial charge in [0.05, 0.1) is 0 Å². The van der Waals surface area contributed by atoms with Crippen LogP contribution in [0, 0.1) is 29.6 Å². The molecule has 1 heterocycles. The largest absolute Gasteiger partial charge is 0.356 e. The zero-order valence-corrected chi connectivity index (χ0v) is 10.7. The molecule has 4 atom stereocenters.